The molecule has 0 radical (unpaired) electrons. The molecule has 0 bridgehead atoms. The van der Waals surface area contributed by atoms with E-state index in [1.165, 1.54) is 5.56 Å². The molecule has 184 valence electrons. The second kappa shape index (κ2) is 9.02. The van der Waals surface area contributed by atoms with Gasteiger partial charge in [-0.3, -0.25) is 0 Å². The molecule has 7 heteroatoms. The maximum atomic E-state index is 13.4. The van der Waals surface area contributed by atoms with E-state index < -0.39 is 5.60 Å². The van der Waals surface area contributed by atoms with E-state index >= 15 is 0 Å². The number of benzene rings is 2. The minimum absolute atomic E-state index is 0.102. The van der Waals surface area contributed by atoms with Crippen molar-refractivity contribution in [1.82, 2.24) is 15.0 Å². The molecule has 2 aromatic carbocycles. The number of hydrogen-bond donors (Lipinski definition) is 0. The van der Waals surface area contributed by atoms with E-state index in [1.807, 2.05) is 56.0 Å². The van der Waals surface area contributed by atoms with Crippen LogP contribution < -0.4 is 4.74 Å². The second-order valence-electron chi connectivity index (χ2n) is 10.7. The van der Waals surface area contributed by atoms with Crippen molar-refractivity contribution in [3.63, 3.8) is 0 Å². The molecular formula is C28H33N3O4. The highest BCUT2D eigenvalue weighted by Gasteiger charge is 2.52. The minimum atomic E-state index is -0.567. The maximum Gasteiger partial charge on any atom is 0.410 e. The molecule has 0 spiro atoms. The van der Waals surface area contributed by atoms with Crippen LogP contribution in [0.4, 0.5) is 4.79 Å². The first-order chi connectivity index (χ1) is 16.8. The summed E-state index contributed by atoms with van der Waals surface area (Å²) in [6.07, 6.45) is 3.52. The fourth-order valence-electron chi connectivity index (χ4n) is 4.97. The zero-order valence-corrected chi connectivity index (χ0v) is 20.9. The maximum absolute atomic E-state index is 13.4. The number of hydrogen-bond acceptors (Lipinski definition) is 6. The molecule has 7 nitrogen and oxygen atoms in total. The van der Waals surface area contributed by atoms with Gasteiger partial charge in [-0.2, -0.15) is 4.98 Å². The number of carbonyl (C=O) groups is 1. The van der Waals surface area contributed by atoms with E-state index in [4.69, 9.17) is 19.0 Å². The summed E-state index contributed by atoms with van der Waals surface area (Å²) in [5.74, 6) is 2.08. The number of aromatic nitrogens is 2. The summed E-state index contributed by atoms with van der Waals surface area (Å²) < 4.78 is 17.0. The summed E-state index contributed by atoms with van der Waals surface area (Å²) >= 11 is 0. The van der Waals surface area contributed by atoms with E-state index in [0.29, 0.717) is 29.9 Å². The topological polar surface area (TPSA) is 77.7 Å². The summed E-state index contributed by atoms with van der Waals surface area (Å²) in [4.78, 5) is 20.1. The number of methoxy groups -OCH3 is 1. The molecule has 1 aromatic heterocycles. The lowest BCUT2D eigenvalue weighted by Crippen LogP contribution is -2.50. The summed E-state index contributed by atoms with van der Waals surface area (Å²) in [6, 6.07) is 18.1. The number of para-hydroxylation sites is 1. The highest BCUT2D eigenvalue weighted by atomic mass is 16.6. The highest BCUT2D eigenvalue weighted by molar-refractivity contribution is 5.70. The molecule has 3 aromatic rings. The third-order valence-electron chi connectivity index (χ3n) is 7.03. The second-order valence-corrected chi connectivity index (χ2v) is 10.7. The van der Waals surface area contributed by atoms with Gasteiger partial charge in [0, 0.05) is 18.5 Å². The number of nitrogens with zero attached hydrogens (tertiary/aromatic N) is 3. The van der Waals surface area contributed by atoms with E-state index in [-0.39, 0.29) is 17.6 Å². The van der Waals surface area contributed by atoms with Crippen molar-refractivity contribution in [2.45, 2.75) is 69.4 Å². The molecule has 0 N–H and O–H groups in total. The average molecular weight is 476 g/mol. The molecule has 2 saturated carbocycles. The van der Waals surface area contributed by atoms with Crippen molar-refractivity contribution in [3.8, 4) is 17.2 Å². The Morgan fingerprint density at radius 3 is 2.49 bits per heavy atom. The van der Waals surface area contributed by atoms with E-state index in [1.54, 1.807) is 7.11 Å². The fourth-order valence-corrected chi connectivity index (χ4v) is 4.97. The first kappa shape index (κ1) is 23.4. The summed E-state index contributed by atoms with van der Waals surface area (Å²) in [5.41, 5.74) is 1.11. The predicted molar refractivity (Wildman–Crippen MR) is 132 cm³/mol. The van der Waals surface area contributed by atoms with Crippen molar-refractivity contribution in [1.29, 1.82) is 0 Å². The van der Waals surface area contributed by atoms with E-state index in [9.17, 15) is 4.79 Å². The van der Waals surface area contributed by atoms with Gasteiger partial charge in [0.25, 0.3) is 5.89 Å². The highest BCUT2D eigenvalue weighted by Crippen LogP contribution is 2.49. The van der Waals surface area contributed by atoms with Gasteiger partial charge in [-0.05, 0) is 57.7 Å². The molecule has 2 atom stereocenters. The predicted octanol–water partition coefficient (Wildman–Crippen LogP) is 5.96. The Labute approximate surface area is 206 Å². The Balaban J connectivity index is 1.42. The molecule has 0 saturated heterocycles. The van der Waals surface area contributed by atoms with Crippen molar-refractivity contribution >= 4 is 6.09 Å². The summed E-state index contributed by atoms with van der Waals surface area (Å²) in [7, 11) is 1.63. The van der Waals surface area contributed by atoms with Crippen molar-refractivity contribution in [2.24, 2.45) is 0 Å². The lowest BCUT2D eigenvalue weighted by Gasteiger charge is -2.43. The lowest BCUT2D eigenvalue weighted by atomic mass is 9.67. The van der Waals surface area contributed by atoms with Gasteiger partial charge in [0.05, 0.1) is 18.1 Å². The number of amides is 1. The lowest BCUT2D eigenvalue weighted by molar-refractivity contribution is 0.0123. The van der Waals surface area contributed by atoms with Crippen LogP contribution in [0.25, 0.3) is 11.5 Å². The smallest absolute Gasteiger partial charge is 0.410 e. The van der Waals surface area contributed by atoms with Gasteiger partial charge in [-0.1, -0.05) is 54.0 Å². The van der Waals surface area contributed by atoms with Crippen molar-refractivity contribution < 1.29 is 18.8 Å². The quantitative estimate of drug-likeness (QED) is 0.420. The van der Waals surface area contributed by atoms with Gasteiger partial charge >= 0.3 is 6.09 Å². The monoisotopic (exact) mass is 475 g/mol. The molecular weight excluding hydrogens is 442 g/mol. The van der Waals surface area contributed by atoms with Gasteiger partial charge in [0.1, 0.15) is 11.4 Å². The molecule has 1 unspecified atom stereocenters. The molecule has 0 aliphatic heterocycles. The van der Waals surface area contributed by atoms with Crippen LogP contribution in [0.1, 0.15) is 63.8 Å². The summed E-state index contributed by atoms with van der Waals surface area (Å²) in [6.45, 7) is 6.23. The third-order valence-corrected chi connectivity index (χ3v) is 7.03. The Morgan fingerprint density at radius 2 is 1.83 bits per heavy atom. The Kier molecular flexibility index (Phi) is 6.03. The van der Waals surface area contributed by atoms with Gasteiger partial charge in [-0.15, -0.1) is 0 Å². The van der Waals surface area contributed by atoms with Gasteiger partial charge in [0.15, 0.2) is 5.82 Å². The van der Waals surface area contributed by atoms with Gasteiger partial charge in [-0.25, -0.2) is 4.79 Å². The van der Waals surface area contributed by atoms with Crippen LogP contribution in [0.15, 0.2) is 59.1 Å². The van der Waals surface area contributed by atoms with Crippen LogP contribution in [-0.4, -0.2) is 46.4 Å². The van der Waals surface area contributed by atoms with Crippen LogP contribution in [-0.2, 0) is 10.2 Å². The zero-order valence-electron chi connectivity index (χ0n) is 20.9. The number of rotatable bonds is 7. The van der Waals surface area contributed by atoms with Crippen LogP contribution >= 0.6 is 0 Å². The fraction of sp³-hybridized carbons (Fsp3) is 0.464. The molecule has 2 fully saturated rings. The number of carbonyl (C=O) groups excluding carboxylic acids is 1. The van der Waals surface area contributed by atoms with Gasteiger partial charge in [0.2, 0.25) is 0 Å². The molecule has 35 heavy (non-hydrogen) atoms. The standard InChI is InChI=1S/C28H33N3O4/c1-27(2,3)34-26(32)31(22-17-21(22)19-11-6-5-7-12-19)18-28(15-10-16-28)25-29-24(35-30-25)20-13-8-9-14-23(20)33-4/h5-9,11-14,21-22H,10,15-18H2,1-4H3/t21?,22-/m0/s1. The molecule has 1 amide bonds. The van der Waals surface area contributed by atoms with Crippen LogP contribution in [0.5, 0.6) is 5.75 Å². The normalized spacial score (nSPS) is 20.6. The van der Waals surface area contributed by atoms with Crippen LogP contribution in [0.3, 0.4) is 0 Å². The molecule has 1 heterocycles. The SMILES string of the molecule is COc1ccccc1-c1nc(C2(CN(C(=O)OC(C)(C)C)[C@H]3CC3c3ccccc3)CCC2)no1. The minimum Gasteiger partial charge on any atom is -0.496 e. The van der Waals surface area contributed by atoms with E-state index in [2.05, 4.69) is 29.4 Å². The third kappa shape index (κ3) is 4.77. The zero-order chi connectivity index (χ0) is 24.6. The molecule has 5 rings (SSSR count). The number of ether oxygens (including phenoxy) is 2. The van der Waals surface area contributed by atoms with E-state index in [0.717, 1.165) is 31.2 Å². The molecule has 2 aliphatic rings. The first-order valence-electron chi connectivity index (χ1n) is 12.3. The van der Waals surface area contributed by atoms with Crippen molar-refractivity contribution in [2.75, 3.05) is 13.7 Å². The first-order valence-corrected chi connectivity index (χ1v) is 12.3. The Bertz CT molecular complexity index is 1180. The average Bonchev–Trinajstić information content (AvgIpc) is 3.45. The largest absolute Gasteiger partial charge is 0.496 e. The Hall–Kier alpha value is -3.35. The van der Waals surface area contributed by atoms with Crippen LogP contribution in [0, 0.1) is 0 Å². The Morgan fingerprint density at radius 1 is 1.11 bits per heavy atom. The van der Waals surface area contributed by atoms with Crippen LogP contribution in [0.2, 0.25) is 0 Å². The molecule has 2 aliphatic carbocycles. The van der Waals surface area contributed by atoms with Crippen molar-refractivity contribution in [3.05, 3.63) is 66.0 Å². The summed E-state index contributed by atoms with van der Waals surface area (Å²) in [5, 5.41) is 4.39. The van der Waals surface area contributed by atoms with Gasteiger partial charge < -0.3 is 18.9 Å².